The fraction of sp³-hybridized carbons (Fsp3) is 0.923. The van der Waals surface area contributed by atoms with Gasteiger partial charge in [0, 0.05) is 12.5 Å². The summed E-state index contributed by atoms with van der Waals surface area (Å²) in [4.78, 5) is 4.43. The number of hydrogen-bond donors (Lipinski definition) is 1. The Hall–Kier alpha value is -0.530. The van der Waals surface area contributed by atoms with Crippen LogP contribution in [-0.2, 0) is 0 Å². The molecule has 2 nitrogen and oxygen atoms in total. The van der Waals surface area contributed by atoms with Crippen molar-refractivity contribution in [2.75, 3.05) is 6.54 Å². The van der Waals surface area contributed by atoms with E-state index in [2.05, 4.69) is 25.8 Å². The summed E-state index contributed by atoms with van der Waals surface area (Å²) in [6.07, 6.45) is 6.86. The van der Waals surface area contributed by atoms with Crippen LogP contribution < -0.4 is 5.73 Å². The number of aliphatic imine (C=N–C) groups is 1. The highest BCUT2D eigenvalue weighted by Crippen LogP contribution is 2.30. The number of amidine groups is 1. The molecular formula is C13H26N2. The van der Waals surface area contributed by atoms with Crippen LogP contribution in [0.15, 0.2) is 4.99 Å². The maximum Gasteiger partial charge on any atom is 0.0962 e. The van der Waals surface area contributed by atoms with E-state index in [9.17, 15) is 0 Å². The van der Waals surface area contributed by atoms with Gasteiger partial charge in [0.15, 0.2) is 0 Å². The molecule has 1 rings (SSSR count). The Balaban J connectivity index is 2.18. The summed E-state index contributed by atoms with van der Waals surface area (Å²) in [6.45, 7) is 7.50. The van der Waals surface area contributed by atoms with E-state index < -0.39 is 0 Å². The van der Waals surface area contributed by atoms with Crippen LogP contribution >= 0.6 is 0 Å². The van der Waals surface area contributed by atoms with Gasteiger partial charge in [-0.3, -0.25) is 4.99 Å². The van der Waals surface area contributed by atoms with E-state index in [-0.39, 0.29) is 0 Å². The molecule has 0 bridgehead atoms. The zero-order chi connectivity index (χ0) is 11.3. The third kappa shape index (κ3) is 4.67. The second kappa shape index (κ2) is 6.14. The minimum atomic E-state index is 0.399. The topological polar surface area (TPSA) is 38.4 Å². The molecule has 0 aromatic heterocycles. The maximum absolute atomic E-state index is 5.80. The van der Waals surface area contributed by atoms with E-state index in [0.717, 1.165) is 24.2 Å². The van der Waals surface area contributed by atoms with E-state index in [1.54, 1.807) is 0 Å². The second-order valence-electron chi connectivity index (χ2n) is 5.38. The van der Waals surface area contributed by atoms with Crippen LogP contribution in [0, 0.1) is 17.8 Å². The highest BCUT2D eigenvalue weighted by Gasteiger charge is 2.17. The number of nitrogens with zero attached hydrogens (tertiary/aromatic N) is 1. The van der Waals surface area contributed by atoms with Crippen molar-refractivity contribution in [3.63, 3.8) is 0 Å². The van der Waals surface area contributed by atoms with Gasteiger partial charge >= 0.3 is 0 Å². The van der Waals surface area contributed by atoms with Crippen molar-refractivity contribution in [2.24, 2.45) is 28.5 Å². The Labute approximate surface area is 94.3 Å². The summed E-state index contributed by atoms with van der Waals surface area (Å²) in [5, 5.41) is 0. The Bertz CT molecular complexity index is 201. The van der Waals surface area contributed by atoms with E-state index in [4.69, 9.17) is 5.73 Å². The largest absolute Gasteiger partial charge is 0.387 e. The van der Waals surface area contributed by atoms with Gasteiger partial charge in [0.2, 0.25) is 0 Å². The minimum absolute atomic E-state index is 0.399. The van der Waals surface area contributed by atoms with Gasteiger partial charge in [0.05, 0.1) is 5.84 Å². The molecule has 0 radical (unpaired) electrons. The predicted octanol–water partition coefficient (Wildman–Crippen LogP) is 3.22. The molecule has 0 aliphatic heterocycles. The van der Waals surface area contributed by atoms with Crippen molar-refractivity contribution in [3.8, 4) is 0 Å². The lowest BCUT2D eigenvalue weighted by Crippen LogP contribution is -2.20. The molecule has 15 heavy (non-hydrogen) atoms. The van der Waals surface area contributed by atoms with Crippen LogP contribution in [0.1, 0.15) is 52.9 Å². The standard InChI is InChI=1S/C13H26N2/c1-10(2)13(14)15-9-8-12-6-4-11(3)5-7-12/h10-12H,4-9H2,1-3H3,(H2,14,15). The van der Waals surface area contributed by atoms with Crippen molar-refractivity contribution < 1.29 is 0 Å². The first-order valence-electron chi connectivity index (χ1n) is 6.39. The van der Waals surface area contributed by atoms with Gasteiger partial charge in [0.25, 0.3) is 0 Å². The molecule has 0 aromatic carbocycles. The highest BCUT2D eigenvalue weighted by atomic mass is 14.9. The molecular weight excluding hydrogens is 184 g/mol. The van der Waals surface area contributed by atoms with Crippen LogP contribution in [-0.4, -0.2) is 12.4 Å². The minimum Gasteiger partial charge on any atom is -0.387 e. The molecule has 88 valence electrons. The lowest BCUT2D eigenvalue weighted by atomic mass is 9.81. The predicted molar refractivity (Wildman–Crippen MR) is 67.1 cm³/mol. The molecule has 0 saturated heterocycles. The summed E-state index contributed by atoms with van der Waals surface area (Å²) in [7, 11) is 0. The van der Waals surface area contributed by atoms with E-state index in [0.29, 0.717) is 5.92 Å². The average Bonchev–Trinajstić information content (AvgIpc) is 2.20. The highest BCUT2D eigenvalue weighted by molar-refractivity contribution is 5.82. The Morgan fingerprint density at radius 1 is 1.27 bits per heavy atom. The number of hydrogen-bond acceptors (Lipinski definition) is 1. The molecule has 1 fully saturated rings. The molecule has 0 aromatic rings. The van der Waals surface area contributed by atoms with Gasteiger partial charge in [-0.2, -0.15) is 0 Å². The fourth-order valence-corrected chi connectivity index (χ4v) is 2.18. The Morgan fingerprint density at radius 2 is 1.87 bits per heavy atom. The van der Waals surface area contributed by atoms with Crippen LogP contribution in [0.2, 0.25) is 0 Å². The zero-order valence-electron chi connectivity index (χ0n) is 10.5. The van der Waals surface area contributed by atoms with Crippen LogP contribution in [0.25, 0.3) is 0 Å². The summed E-state index contributed by atoms with van der Waals surface area (Å²) in [5.41, 5.74) is 5.80. The quantitative estimate of drug-likeness (QED) is 0.561. The van der Waals surface area contributed by atoms with Gasteiger partial charge in [-0.15, -0.1) is 0 Å². The van der Waals surface area contributed by atoms with E-state index >= 15 is 0 Å². The number of rotatable bonds is 4. The average molecular weight is 210 g/mol. The first-order chi connectivity index (χ1) is 7.09. The van der Waals surface area contributed by atoms with Crippen LogP contribution in [0.4, 0.5) is 0 Å². The smallest absolute Gasteiger partial charge is 0.0962 e. The first kappa shape index (κ1) is 12.5. The molecule has 1 aliphatic carbocycles. The fourth-order valence-electron chi connectivity index (χ4n) is 2.18. The monoisotopic (exact) mass is 210 g/mol. The van der Waals surface area contributed by atoms with E-state index in [1.807, 2.05) is 0 Å². The molecule has 0 heterocycles. The van der Waals surface area contributed by atoms with Crippen LogP contribution in [0.3, 0.4) is 0 Å². The van der Waals surface area contributed by atoms with Gasteiger partial charge in [-0.25, -0.2) is 0 Å². The lowest BCUT2D eigenvalue weighted by Gasteiger charge is -2.25. The third-order valence-corrected chi connectivity index (χ3v) is 3.56. The summed E-state index contributed by atoms with van der Waals surface area (Å²) in [5.74, 6) is 3.07. The first-order valence-corrected chi connectivity index (χ1v) is 6.39. The third-order valence-electron chi connectivity index (χ3n) is 3.56. The number of nitrogens with two attached hydrogens (primary N) is 1. The molecule has 0 unspecified atom stereocenters. The lowest BCUT2D eigenvalue weighted by molar-refractivity contribution is 0.280. The van der Waals surface area contributed by atoms with Crippen molar-refractivity contribution in [3.05, 3.63) is 0 Å². The molecule has 2 heteroatoms. The van der Waals surface area contributed by atoms with E-state index in [1.165, 1.54) is 32.1 Å². The molecule has 0 spiro atoms. The van der Waals surface area contributed by atoms with Crippen molar-refractivity contribution >= 4 is 5.84 Å². The Morgan fingerprint density at radius 3 is 2.40 bits per heavy atom. The Kier molecular flexibility index (Phi) is 5.13. The molecule has 1 saturated carbocycles. The van der Waals surface area contributed by atoms with Crippen LogP contribution in [0.5, 0.6) is 0 Å². The zero-order valence-corrected chi connectivity index (χ0v) is 10.5. The molecule has 2 N–H and O–H groups in total. The SMILES string of the molecule is CC1CCC(CCN=C(N)C(C)C)CC1. The van der Waals surface area contributed by atoms with Gasteiger partial charge < -0.3 is 5.73 Å². The summed E-state index contributed by atoms with van der Waals surface area (Å²) in [6, 6.07) is 0. The maximum atomic E-state index is 5.80. The molecule has 1 aliphatic rings. The molecule has 0 amide bonds. The van der Waals surface area contributed by atoms with Gasteiger partial charge in [-0.05, 0) is 18.3 Å². The second-order valence-corrected chi connectivity index (χ2v) is 5.38. The van der Waals surface area contributed by atoms with Crippen molar-refractivity contribution in [2.45, 2.75) is 52.9 Å². The summed E-state index contributed by atoms with van der Waals surface area (Å²) < 4.78 is 0. The normalized spacial score (nSPS) is 28.4. The molecule has 0 atom stereocenters. The van der Waals surface area contributed by atoms with Gasteiger partial charge in [-0.1, -0.05) is 46.5 Å². The summed E-state index contributed by atoms with van der Waals surface area (Å²) >= 11 is 0. The van der Waals surface area contributed by atoms with Gasteiger partial charge in [0.1, 0.15) is 0 Å². The van der Waals surface area contributed by atoms with Crippen molar-refractivity contribution in [1.29, 1.82) is 0 Å². The van der Waals surface area contributed by atoms with Crippen molar-refractivity contribution in [1.82, 2.24) is 0 Å².